The molecule has 1 aliphatic heterocycles. The molecule has 2 heteroatoms. The Morgan fingerprint density at radius 3 is 1.95 bits per heavy atom. The van der Waals surface area contributed by atoms with E-state index in [9.17, 15) is 0 Å². The molecule has 0 spiro atoms. The van der Waals surface area contributed by atoms with Crippen molar-refractivity contribution in [3.05, 3.63) is 0 Å². The van der Waals surface area contributed by atoms with Crippen molar-refractivity contribution < 1.29 is 0 Å². The minimum absolute atomic E-state index is 0.850. The molecular weight excluding hydrogens is 232 g/mol. The highest BCUT2D eigenvalue weighted by Crippen LogP contribution is 2.33. The van der Waals surface area contributed by atoms with Crippen molar-refractivity contribution in [2.24, 2.45) is 11.8 Å². The fraction of sp³-hybridized carbons (Fsp3) is 1.00. The Balaban J connectivity index is 1.77. The summed E-state index contributed by atoms with van der Waals surface area (Å²) in [6.07, 6.45) is 8.56. The van der Waals surface area contributed by atoms with Crippen LogP contribution in [0.1, 0.15) is 59.3 Å². The molecule has 2 aliphatic rings. The topological polar surface area (TPSA) is 6.48 Å². The summed E-state index contributed by atoms with van der Waals surface area (Å²) in [6.45, 7) is 10.9. The average Bonchev–Trinajstić information content (AvgIpc) is 2.46. The second-order valence-electron chi connectivity index (χ2n) is 7.14. The largest absolute Gasteiger partial charge is 0.303 e. The molecule has 19 heavy (non-hydrogen) atoms. The van der Waals surface area contributed by atoms with E-state index in [0.29, 0.717) is 0 Å². The van der Waals surface area contributed by atoms with Gasteiger partial charge in [-0.3, -0.25) is 0 Å². The maximum absolute atomic E-state index is 2.74. The van der Waals surface area contributed by atoms with Crippen molar-refractivity contribution >= 4 is 0 Å². The molecule has 2 nitrogen and oxygen atoms in total. The Morgan fingerprint density at radius 1 is 0.947 bits per heavy atom. The zero-order valence-corrected chi connectivity index (χ0v) is 13.6. The molecule has 0 bridgehead atoms. The van der Waals surface area contributed by atoms with E-state index in [1.807, 2.05) is 0 Å². The molecule has 0 atom stereocenters. The van der Waals surface area contributed by atoms with Gasteiger partial charge in [-0.25, -0.2) is 0 Å². The number of hydrogen-bond donors (Lipinski definition) is 0. The predicted octanol–water partition coefficient (Wildman–Crippen LogP) is 3.62. The zero-order valence-electron chi connectivity index (χ0n) is 13.6. The van der Waals surface area contributed by atoms with Crippen LogP contribution >= 0.6 is 0 Å². The summed E-state index contributed by atoms with van der Waals surface area (Å²) in [7, 11) is 2.40. The van der Waals surface area contributed by atoms with Crippen molar-refractivity contribution in [3.63, 3.8) is 0 Å². The van der Waals surface area contributed by atoms with Gasteiger partial charge in [-0.05, 0) is 77.0 Å². The smallest absolute Gasteiger partial charge is 0.0119 e. The minimum Gasteiger partial charge on any atom is -0.303 e. The second-order valence-corrected chi connectivity index (χ2v) is 7.14. The van der Waals surface area contributed by atoms with Crippen LogP contribution in [0.4, 0.5) is 0 Å². The van der Waals surface area contributed by atoms with Gasteiger partial charge in [-0.15, -0.1) is 0 Å². The SMILES string of the molecule is CCN1CCC(N(C)C2CCC(C(C)C)CC2)CC1. The van der Waals surface area contributed by atoms with Crippen LogP contribution in [-0.2, 0) is 0 Å². The number of hydrogen-bond acceptors (Lipinski definition) is 2. The average molecular weight is 266 g/mol. The Morgan fingerprint density at radius 2 is 1.47 bits per heavy atom. The van der Waals surface area contributed by atoms with E-state index in [0.717, 1.165) is 23.9 Å². The zero-order chi connectivity index (χ0) is 13.8. The van der Waals surface area contributed by atoms with Gasteiger partial charge in [0.15, 0.2) is 0 Å². The molecule has 1 saturated carbocycles. The van der Waals surface area contributed by atoms with Crippen molar-refractivity contribution in [1.29, 1.82) is 0 Å². The molecule has 0 aromatic rings. The molecule has 2 fully saturated rings. The first-order chi connectivity index (χ1) is 9.11. The molecule has 2 rings (SSSR count). The fourth-order valence-corrected chi connectivity index (χ4v) is 4.12. The summed E-state index contributed by atoms with van der Waals surface area (Å²) in [5.41, 5.74) is 0. The summed E-state index contributed by atoms with van der Waals surface area (Å²) >= 11 is 0. The Labute approximate surface area is 120 Å². The van der Waals surface area contributed by atoms with Crippen molar-refractivity contribution in [1.82, 2.24) is 9.80 Å². The van der Waals surface area contributed by atoms with Gasteiger partial charge in [-0.2, -0.15) is 0 Å². The van der Waals surface area contributed by atoms with E-state index in [4.69, 9.17) is 0 Å². The standard InChI is InChI=1S/C17H34N2/c1-5-19-12-10-17(11-13-19)18(4)16-8-6-15(7-9-16)14(2)3/h14-17H,5-13H2,1-4H3. The molecule has 0 unspecified atom stereocenters. The summed E-state index contributed by atoms with van der Waals surface area (Å²) in [5, 5.41) is 0. The molecule has 0 radical (unpaired) electrons. The van der Waals surface area contributed by atoms with Gasteiger partial charge in [0.25, 0.3) is 0 Å². The molecule has 1 aliphatic carbocycles. The number of nitrogens with zero attached hydrogens (tertiary/aromatic N) is 2. The highest BCUT2D eigenvalue weighted by atomic mass is 15.2. The Hall–Kier alpha value is -0.0800. The van der Waals surface area contributed by atoms with Gasteiger partial charge in [-0.1, -0.05) is 20.8 Å². The van der Waals surface area contributed by atoms with Crippen LogP contribution < -0.4 is 0 Å². The van der Waals surface area contributed by atoms with Crippen LogP contribution in [0.5, 0.6) is 0 Å². The van der Waals surface area contributed by atoms with E-state index in [1.165, 1.54) is 58.2 Å². The molecule has 1 heterocycles. The monoisotopic (exact) mass is 266 g/mol. The van der Waals surface area contributed by atoms with E-state index in [2.05, 4.69) is 37.6 Å². The molecule has 0 aromatic carbocycles. The third kappa shape index (κ3) is 3.95. The third-order valence-corrected chi connectivity index (χ3v) is 5.84. The Kier molecular flexibility index (Phi) is 5.70. The van der Waals surface area contributed by atoms with Gasteiger partial charge >= 0.3 is 0 Å². The van der Waals surface area contributed by atoms with Gasteiger partial charge in [0.05, 0.1) is 0 Å². The lowest BCUT2D eigenvalue weighted by Crippen LogP contribution is -2.48. The first-order valence-electron chi connectivity index (χ1n) is 8.56. The van der Waals surface area contributed by atoms with Crippen molar-refractivity contribution in [2.45, 2.75) is 71.4 Å². The first-order valence-corrected chi connectivity index (χ1v) is 8.56. The summed E-state index contributed by atoms with van der Waals surface area (Å²) in [6, 6.07) is 1.72. The van der Waals surface area contributed by atoms with Gasteiger partial charge < -0.3 is 9.80 Å². The third-order valence-electron chi connectivity index (χ3n) is 5.84. The highest BCUT2D eigenvalue weighted by Gasteiger charge is 2.30. The number of likely N-dealkylation sites (tertiary alicyclic amines) is 1. The molecular formula is C17H34N2. The van der Waals surface area contributed by atoms with E-state index < -0.39 is 0 Å². The van der Waals surface area contributed by atoms with Gasteiger partial charge in [0.1, 0.15) is 0 Å². The van der Waals surface area contributed by atoms with Gasteiger partial charge in [0.2, 0.25) is 0 Å². The Bertz CT molecular complexity index is 248. The van der Waals surface area contributed by atoms with Crippen LogP contribution in [0.25, 0.3) is 0 Å². The summed E-state index contributed by atoms with van der Waals surface area (Å²) in [4.78, 5) is 5.34. The van der Waals surface area contributed by atoms with Crippen LogP contribution in [0, 0.1) is 11.8 Å². The second kappa shape index (κ2) is 7.08. The quantitative estimate of drug-likeness (QED) is 0.767. The first kappa shape index (κ1) is 15.3. The maximum atomic E-state index is 2.74. The summed E-state index contributed by atoms with van der Waals surface area (Å²) in [5.74, 6) is 1.88. The molecule has 112 valence electrons. The lowest BCUT2D eigenvalue weighted by molar-refractivity contribution is 0.0685. The van der Waals surface area contributed by atoms with E-state index in [1.54, 1.807) is 0 Å². The van der Waals surface area contributed by atoms with Crippen LogP contribution in [0.15, 0.2) is 0 Å². The maximum Gasteiger partial charge on any atom is 0.0119 e. The fourth-order valence-electron chi connectivity index (χ4n) is 4.12. The van der Waals surface area contributed by atoms with Crippen molar-refractivity contribution in [3.8, 4) is 0 Å². The summed E-state index contributed by atoms with van der Waals surface area (Å²) < 4.78 is 0. The molecule has 0 N–H and O–H groups in total. The highest BCUT2D eigenvalue weighted by molar-refractivity contribution is 4.85. The molecule has 0 aromatic heterocycles. The van der Waals surface area contributed by atoms with Crippen LogP contribution in [-0.4, -0.2) is 48.6 Å². The molecule has 1 saturated heterocycles. The van der Waals surface area contributed by atoms with E-state index in [-0.39, 0.29) is 0 Å². The lowest BCUT2D eigenvalue weighted by atomic mass is 9.79. The predicted molar refractivity (Wildman–Crippen MR) is 83.5 cm³/mol. The number of rotatable bonds is 4. The normalized spacial score (nSPS) is 31.3. The van der Waals surface area contributed by atoms with Crippen LogP contribution in [0.2, 0.25) is 0 Å². The number of piperidine rings is 1. The van der Waals surface area contributed by atoms with Crippen molar-refractivity contribution in [2.75, 3.05) is 26.7 Å². The van der Waals surface area contributed by atoms with Gasteiger partial charge in [0, 0.05) is 12.1 Å². The van der Waals surface area contributed by atoms with Crippen LogP contribution in [0.3, 0.4) is 0 Å². The van der Waals surface area contributed by atoms with E-state index >= 15 is 0 Å². The molecule has 0 amide bonds. The lowest BCUT2D eigenvalue weighted by Gasteiger charge is -2.43. The minimum atomic E-state index is 0.850.